The summed E-state index contributed by atoms with van der Waals surface area (Å²) >= 11 is 14.5. The van der Waals surface area contributed by atoms with Crippen molar-refractivity contribution < 1.29 is 13.2 Å². The zero-order chi connectivity index (χ0) is 21.2. The summed E-state index contributed by atoms with van der Waals surface area (Å²) in [7, 11) is -3.65. The molecule has 3 rings (SSSR count). The standard InChI is InChI=1S/C20H21Cl2IN2O3S/c1-13-10-15(23)7-8-19(13)24-20(26)14-4-3-9-25(11-14)29(27,28)12-16-17(21)5-2-6-18(16)22/h2,5-8,10,14H,3-4,9,11-12H2,1H3,(H,24,26). The Morgan fingerprint density at radius 3 is 2.59 bits per heavy atom. The first-order chi connectivity index (χ1) is 13.7. The highest BCUT2D eigenvalue weighted by Crippen LogP contribution is 2.29. The normalized spacial score (nSPS) is 17.9. The van der Waals surface area contributed by atoms with Gasteiger partial charge < -0.3 is 5.32 Å². The van der Waals surface area contributed by atoms with Gasteiger partial charge in [-0.25, -0.2) is 12.7 Å². The molecule has 1 aliphatic heterocycles. The maximum Gasteiger partial charge on any atom is 0.228 e. The molecule has 1 heterocycles. The molecule has 1 N–H and O–H groups in total. The van der Waals surface area contributed by atoms with E-state index in [1.807, 2.05) is 25.1 Å². The number of carbonyl (C=O) groups is 1. The van der Waals surface area contributed by atoms with Gasteiger partial charge in [0.15, 0.2) is 0 Å². The monoisotopic (exact) mass is 566 g/mol. The summed E-state index contributed by atoms with van der Waals surface area (Å²) in [4.78, 5) is 12.8. The summed E-state index contributed by atoms with van der Waals surface area (Å²) in [6, 6.07) is 10.7. The lowest BCUT2D eigenvalue weighted by atomic mass is 9.98. The predicted octanol–water partition coefficient (Wildman–Crippen LogP) is 5.09. The smallest absolute Gasteiger partial charge is 0.228 e. The van der Waals surface area contributed by atoms with Crippen molar-refractivity contribution in [2.45, 2.75) is 25.5 Å². The van der Waals surface area contributed by atoms with Crippen molar-refractivity contribution in [3.8, 4) is 0 Å². The van der Waals surface area contributed by atoms with E-state index in [1.165, 1.54) is 4.31 Å². The highest BCUT2D eigenvalue weighted by atomic mass is 127. The van der Waals surface area contributed by atoms with E-state index in [1.54, 1.807) is 18.2 Å². The average Bonchev–Trinajstić information content (AvgIpc) is 2.67. The molecule has 0 bridgehead atoms. The van der Waals surface area contributed by atoms with Gasteiger partial charge in [-0.3, -0.25) is 4.79 Å². The number of hydrogen-bond donors (Lipinski definition) is 1. The van der Waals surface area contributed by atoms with Crippen LogP contribution in [0.25, 0.3) is 0 Å². The second-order valence-electron chi connectivity index (χ2n) is 7.10. The molecule has 1 atom stereocenters. The minimum Gasteiger partial charge on any atom is -0.326 e. The molecular formula is C20H21Cl2IN2O3S. The highest BCUT2D eigenvalue weighted by Gasteiger charge is 2.33. The van der Waals surface area contributed by atoms with E-state index in [0.717, 1.165) is 14.8 Å². The average molecular weight is 567 g/mol. The van der Waals surface area contributed by atoms with Crippen LogP contribution in [0.1, 0.15) is 24.0 Å². The fraction of sp³-hybridized carbons (Fsp3) is 0.350. The molecule has 0 spiro atoms. The Kier molecular flexibility index (Phi) is 7.48. The number of nitrogens with one attached hydrogen (secondary N) is 1. The van der Waals surface area contributed by atoms with Crippen LogP contribution >= 0.6 is 45.8 Å². The van der Waals surface area contributed by atoms with Crippen molar-refractivity contribution in [2.24, 2.45) is 5.92 Å². The summed E-state index contributed by atoms with van der Waals surface area (Å²) < 4.78 is 28.4. The lowest BCUT2D eigenvalue weighted by Crippen LogP contribution is -2.44. The molecule has 0 aromatic heterocycles. The van der Waals surface area contributed by atoms with Gasteiger partial charge in [0.25, 0.3) is 0 Å². The summed E-state index contributed by atoms with van der Waals surface area (Å²) in [5.41, 5.74) is 2.11. The summed E-state index contributed by atoms with van der Waals surface area (Å²) in [6.45, 7) is 2.47. The molecular weight excluding hydrogens is 546 g/mol. The molecule has 2 aromatic carbocycles. The van der Waals surface area contributed by atoms with Gasteiger partial charge in [0.2, 0.25) is 15.9 Å². The van der Waals surface area contributed by atoms with E-state index in [4.69, 9.17) is 23.2 Å². The SMILES string of the molecule is Cc1cc(I)ccc1NC(=O)C1CCCN(S(=O)(=O)Cc2c(Cl)cccc2Cl)C1. The molecule has 156 valence electrons. The second-order valence-corrected chi connectivity index (χ2v) is 11.1. The molecule has 1 unspecified atom stereocenters. The van der Waals surface area contributed by atoms with Crippen LogP contribution < -0.4 is 5.32 Å². The van der Waals surface area contributed by atoms with Gasteiger partial charge in [-0.1, -0.05) is 29.3 Å². The zero-order valence-corrected chi connectivity index (χ0v) is 20.3. The number of nitrogens with zero attached hydrogens (tertiary/aromatic N) is 1. The quantitative estimate of drug-likeness (QED) is 0.513. The number of hydrogen-bond acceptors (Lipinski definition) is 3. The number of amides is 1. The first kappa shape index (κ1) is 22.8. The number of piperidine rings is 1. The number of anilines is 1. The minimum absolute atomic E-state index is 0.152. The van der Waals surface area contributed by atoms with Crippen molar-refractivity contribution in [3.63, 3.8) is 0 Å². The Balaban J connectivity index is 1.71. The number of benzene rings is 2. The third-order valence-electron chi connectivity index (χ3n) is 4.98. The van der Waals surface area contributed by atoms with Crippen LogP contribution in [0.5, 0.6) is 0 Å². The van der Waals surface area contributed by atoms with Crippen LogP contribution in [0.4, 0.5) is 5.69 Å². The van der Waals surface area contributed by atoms with E-state index in [0.29, 0.717) is 35.0 Å². The highest BCUT2D eigenvalue weighted by molar-refractivity contribution is 14.1. The zero-order valence-electron chi connectivity index (χ0n) is 15.8. The summed E-state index contributed by atoms with van der Waals surface area (Å²) in [5, 5.41) is 3.58. The fourth-order valence-corrected chi connectivity index (χ4v) is 6.36. The molecule has 9 heteroatoms. The van der Waals surface area contributed by atoms with Crippen LogP contribution in [-0.4, -0.2) is 31.7 Å². The van der Waals surface area contributed by atoms with E-state index in [-0.39, 0.29) is 18.2 Å². The Morgan fingerprint density at radius 1 is 1.24 bits per heavy atom. The fourth-order valence-electron chi connectivity index (χ4n) is 3.36. The van der Waals surface area contributed by atoms with Gasteiger partial charge in [-0.15, -0.1) is 0 Å². The first-order valence-corrected chi connectivity index (χ1v) is 12.6. The Bertz CT molecular complexity index is 1010. The largest absolute Gasteiger partial charge is 0.326 e. The van der Waals surface area contributed by atoms with Gasteiger partial charge in [0.05, 0.1) is 11.7 Å². The molecule has 29 heavy (non-hydrogen) atoms. The topological polar surface area (TPSA) is 66.5 Å². The van der Waals surface area contributed by atoms with E-state index < -0.39 is 15.9 Å². The molecule has 2 aromatic rings. The molecule has 1 aliphatic rings. The van der Waals surface area contributed by atoms with Gasteiger partial charge >= 0.3 is 0 Å². The Morgan fingerprint density at radius 2 is 1.93 bits per heavy atom. The number of carbonyl (C=O) groups excluding carboxylic acids is 1. The molecule has 5 nitrogen and oxygen atoms in total. The number of halogens is 3. The van der Waals surface area contributed by atoms with Gasteiger partial charge in [-0.05, 0) is 78.3 Å². The van der Waals surface area contributed by atoms with Crippen LogP contribution in [0.3, 0.4) is 0 Å². The van der Waals surface area contributed by atoms with Crippen LogP contribution in [0.2, 0.25) is 10.0 Å². The summed E-state index contributed by atoms with van der Waals surface area (Å²) in [6.07, 6.45) is 1.27. The van der Waals surface area contributed by atoms with Crippen LogP contribution in [0, 0.1) is 16.4 Å². The minimum atomic E-state index is -3.65. The second kappa shape index (κ2) is 9.51. The maximum atomic E-state index is 13.0. The van der Waals surface area contributed by atoms with E-state index >= 15 is 0 Å². The van der Waals surface area contributed by atoms with Crippen molar-refractivity contribution in [3.05, 3.63) is 61.1 Å². The van der Waals surface area contributed by atoms with Gasteiger partial charge in [-0.2, -0.15) is 0 Å². The first-order valence-electron chi connectivity index (χ1n) is 9.15. The third-order valence-corrected chi connectivity index (χ3v) is 8.13. The van der Waals surface area contributed by atoms with Crippen LogP contribution in [0.15, 0.2) is 36.4 Å². The van der Waals surface area contributed by atoms with Gasteiger partial charge in [0.1, 0.15) is 0 Å². The Labute approximate surface area is 195 Å². The third kappa shape index (κ3) is 5.64. The lowest BCUT2D eigenvalue weighted by molar-refractivity contribution is -0.120. The van der Waals surface area contributed by atoms with Crippen molar-refractivity contribution in [2.75, 3.05) is 18.4 Å². The molecule has 1 fully saturated rings. The summed E-state index contributed by atoms with van der Waals surface area (Å²) in [5.74, 6) is -0.847. The van der Waals surface area contributed by atoms with E-state index in [9.17, 15) is 13.2 Å². The molecule has 1 amide bonds. The number of sulfonamides is 1. The molecule has 0 saturated carbocycles. The molecule has 0 radical (unpaired) electrons. The predicted molar refractivity (Wildman–Crippen MR) is 126 cm³/mol. The maximum absolute atomic E-state index is 13.0. The molecule has 1 saturated heterocycles. The van der Waals surface area contributed by atoms with E-state index in [2.05, 4.69) is 27.9 Å². The number of aryl methyl sites for hydroxylation is 1. The van der Waals surface area contributed by atoms with Gasteiger partial charge in [0, 0.05) is 38.0 Å². The van der Waals surface area contributed by atoms with Crippen molar-refractivity contribution in [1.82, 2.24) is 4.31 Å². The lowest BCUT2D eigenvalue weighted by Gasteiger charge is -2.31. The van der Waals surface area contributed by atoms with Crippen LogP contribution in [-0.2, 0) is 20.6 Å². The molecule has 0 aliphatic carbocycles. The van der Waals surface area contributed by atoms with Crippen molar-refractivity contribution >= 4 is 67.4 Å². The number of rotatable bonds is 5. The van der Waals surface area contributed by atoms with Crippen molar-refractivity contribution in [1.29, 1.82) is 0 Å². The Hall–Kier alpha value is -0.870.